The smallest absolute Gasteiger partial charge is 0.236 e. The summed E-state index contributed by atoms with van der Waals surface area (Å²) in [7, 11) is 0. The largest absolute Gasteiger partial charge is 0.292 e. The van der Waals surface area contributed by atoms with E-state index in [-0.39, 0.29) is 0 Å². The highest BCUT2D eigenvalue weighted by atomic mass is 15.1. The number of hydrogen-bond donors (Lipinski definition) is 3. The van der Waals surface area contributed by atoms with Crippen LogP contribution in [-0.2, 0) is 0 Å². The fourth-order valence-electron chi connectivity index (χ4n) is 15.4. The highest BCUT2D eigenvalue weighted by molar-refractivity contribution is 5.88. The lowest BCUT2D eigenvalue weighted by Crippen LogP contribution is -2.31. The van der Waals surface area contributed by atoms with Gasteiger partial charge in [-0.15, -0.1) is 0 Å². The van der Waals surface area contributed by atoms with Gasteiger partial charge in [-0.3, -0.25) is 0 Å². The Hall–Kier alpha value is -11.9. The van der Waals surface area contributed by atoms with E-state index in [9.17, 15) is 0 Å². The number of benzene rings is 12. The normalized spacial score (nSPS) is 11.6. The Morgan fingerprint density at radius 3 is 0.708 bits per heavy atom. The van der Waals surface area contributed by atoms with Gasteiger partial charge in [0, 0.05) is 16.7 Å². The maximum atomic E-state index is 5.70. The zero-order chi connectivity index (χ0) is 65.5. The fraction of sp³-hybridized carbons (Fsp3) is 0.103. The molecule has 0 fully saturated rings. The molecule has 0 aliphatic rings. The van der Waals surface area contributed by atoms with Crippen LogP contribution in [0.4, 0.5) is 0 Å². The Morgan fingerprint density at radius 1 is 0.229 bits per heavy atom. The Balaban J connectivity index is 0.844. The summed E-state index contributed by atoms with van der Waals surface area (Å²) in [6.45, 7) is 20.0. The molecule has 0 aliphatic carbocycles. The van der Waals surface area contributed by atoms with E-state index in [0.29, 0.717) is 17.5 Å². The predicted octanol–water partition coefficient (Wildman–Crippen LogP) is 19.9. The number of nitrogens with zero attached hydrogens (tertiary/aromatic N) is 6. The van der Waals surface area contributed by atoms with Crippen molar-refractivity contribution in [1.29, 1.82) is 0 Å². The molecule has 0 unspecified atom stereocenters. The van der Waals surface area contributed by atoms with Crippen molar-refractivity contribution in [3.05, 3.63) is 305 Å². The number of aryl methyl sites for hydroxylation is 6. The van der Waals surface area contributed by atoms with Crippen molar-refractivity contribution >= 4 is 33.1 Å². The number of imidazole rings is 3. The molecule has 0 bridgehead atoms. The number of aromatic nitrogens is 9. The first-order chi connectivity index (χ1) is 46.8. The molecule has 9 nitrogen and oxygen atoms in total. The Bertz CT molecular complexity index is 5130. The summed E-state index contributed by atoms with van der Waals surface area (Å²) in [5.74, 6) is 4.96. The molecule has 0 saturated carbocycles. The first-order valence-electron chi connectivity index (χ1n) is 33.0. The van der Waals surface area contributed by atoms with Crippen LogP contribution < -0.4 is 13.7 Å². The lowest BCUT2D eigenvalue weighted by molar-refractivity contribution is -0.555. The number of H-pyrrole nitrogens is 3. The zero-order valence-corrected chi connectivity index (χ0v) is 55.4. The van der Waals surface area contributed by atoms with Gasteiger partial charge in [0.2, 0.25) is 0 Å². The molecule has 0 amide bonds. The average molecular weight is 1240 g/mol. The van der Waals surface area contributed by atoms with Gasteiger partial charge < -0.3 is 0 Å². The number of para-hydroxylation sites is 9. The second-order valence-electron chi connectivity index (χ2n) is 25.7. The molecular formula is C87H72N9+3. The summed E-state index contributed by atoms with van der Waals surface area (Å²) in [6.07, 6.45) is 0. The van der Waals surface area contributed by atoms with Gasteiger partial charge in [-0.05, 0) is 255 Å². The molecule has 4 aromatic heterocycles. The standard InChI is InChI=1S/C87H69N9/c1-52-49-55(4)79(58(7)76(52)61-37-43-64(44-38-61)85-88-70-31-19-22-34-73(70)94(85)67-25-13-10-14-26-67)82-91-83(80-56(5)50-53(2)77(59(80)8)62-39-45-65(46-40-62)86-89-71-32-20-23-35-74(71)95(86)68-27-15-11-16-28-68)93-84(92-82)81-57(6)51-54(3)78(60(81)9)63-41-47-66(48-42-63)87-90-72-33-21-24-36-75(72)96(87)69-29-17-12-18-30-69/h10-51H,1-9H3/p+3. The van der Waals surface area contributed by atoms with Crippen molar-refractivity contribution in [2.45, 2.75) is 62.3 Å². The van der Waals surface area contributed by atoms with Crippen molar-refractivity contribution < 1.29 is 13.7 Å². The molecule has 3 N–H and O–H groups in total. The third-order valence-corrected chi connectivity index (χ3v) is 19.5. The fourth-order valence-corrected chi connectivity index (χ4v) is 15.4. The van der Waals surface area contributed by atoms with E-state index in [4.69, 9.17) is 15.0 Å². The van der Waals surface area contributed by atoms with Crippen LogP contribution in [0.1, 0.15) is 50.1 Å². The van der Waals surface area contributed by atoms with Crippen LogP contribution in [0.25, 0.3) is 152 Å². The summed E-state index contributed by atoms with van der Waals surface area (Å²) in [4.78, 5) is 28.4. The van der Waals surface area contributed by atoms with E-state index in [0.717, 1.165) is 168 Å². The van der Waals surface area contributed by atoms with Crippen LogP contribution in [0.15, 0.2) is 255 Å². The van der Waals surface area contributed by atoms with E-state index in [2.05, 4.69) is 346 Å². The number of rotatable bonds is 12. The van der Waals surface area contributed by atoms with Crippen LogP contribution in [-0.4, -0.2) is 29.9 Å². The van der Waals surface area contributed by atoms with Crippen LogP contribution in [0.3, 0.4) is 0 Å². The zero-order valence-electron chi connectivity index (χ0n) is 55.4. The second kappa shape index (κ2) is 23.9. The molecule has 96 heavy (non-hydrogen) atoms. The summed E-state index contributed by atoms with van der Waals surface area (Å²) in [5.41, 5.74) is 33.1. The summed E-state index contributed by atoms with van der Waals surface area (Å²) in [6, 6.07) is 91.1. The van der Waals surface area contributed by atoms with Gasteiger partial charge in [-0.25, -0.2) is 29.9 Å². The highest BCUT2D eigenvalue weighted by Gasteiger charge is 2.29. The first kappa shape index (κ1) is 59.1. The summed E-state index contributed by atoms with van der Waals surface area (Å²) >= 11 is 0. The Labute approximate surface area is 559 Å². The molecule has 0 radical (unpaired) electrons. The van der Waals surface area contributed by atoms with Gasteiger partial charge in [-0.1, -0.05) is 146 Å². The topological polar surface area (TPSA) is 97.7 Å². The van der Waals surface area contributed by atoms with Crippen molar-refractivity contribution in [3.8, 4) is 119 Å². The van der Waals surface area contributed by atoms with Crippen LogP contribution >= 0.6 is 0 Å². The molecule has 4 heterocycles. The third kappa shape index (κ3) is 10.1. The molecule has 0 saturated heterocycles. The minimum Gasteiger partial charge on any atom is -0.236 e. The minimum absolute atomic E-state index is 0.635. The highest BCUT2D eigenvalue weighted by Crippen LogP contribution is 2.43. The molecular weight excluding hydrogens is 1170 g/mol. The monoisotopic (exact) mass is 1240 g/mol. The van der Waals surface area contributed by atoms with Gasteiger partial charge in [0.25, 0.3) is 17.5 Å². The first-order valence-corrected chi connectivity index (χ1v) is 33.0. The van der Waals surface area contributed by atoms with Crippen molar-refractivity contribution in [1.82, 2.24) is 29.9 Å². The maximum absolute atomic E-state index is 5.70. The molecule has 9 heteroatoms. The van der Waals surface area contributed by atoms with Crippen LogP contribution in [0, 0.1) is 62.3 Å². The van der Waals surface area contributed by atoms with Crippen molar-refractivity contribution in [2.75, 3.05) is 0 Å². The van der Waals surface area contributed by atoms with E-state index in [1.807, 2.05) is 0 Å². The lowest BCUT2D eigenvalue weighted by Gasteiger charge is -2.21. The maximum Gasteiger partial charge on any atom is 0.292 e. The Morgan fingerprint density at radius 2 is 0.448 bits per heavy atom. The quantitative estimate of drug-likeness (QED) is 0.106. The Kier molecular flexibility index (Phi) is 14.7. The van der Waals surface area contributed by atoms with E-state index < -0.39 is 0 Å². The molecule has 0 spiro atoms. The van der Waals surface area contributed by atoms with Gasteiger partial charge in [0.1, 0.15) is 17.1 Å². The van der Waals surface area contributed by atoms with E-state index in [1.54, 1.807) is 0 Å². The van der Waals surface area contributed by atoms with E-state index in [1.165, 1.54) is 16.7 Å². The SMILES string of the molecule is Cc1cc(C)c(-c2nc(-c3c(C)cc(C)c(-c4ccc(-c5[nH]c6ccccc6[n+]5-c5ccccc5)cc4)c3C)nc(-c3c(C)cc(C)c(-c4ccc(-c5[nH]c6ccccc6[n+]5-c5ccccc5)cc4)c3C)n2)c(C)c1-c1ccc(-c2[nH]c3ccccc3[n+]2-c2ccccc2)cc1. The van der Waals surface area contributed by atoms with Crippen LogP contribution in [0.2, 0.25) is 0 Å². The number of fused-ring (bicyclic) bond motifs is 3. The van der Waals surface area contributed by atoms with Crippen LogP contribution in [0.5, 0.6) is 0 Å². The summed E-state index contributed by atoms with van der Waals surface area (Å²) < 4.78 is 6.94. The number of hydrogen-bond acceptors (Lipinski definition) is 3. The second-order valence-corrected chi connectivity index (χ2v) is 25.7. The molecule has 0 aliphatic heterocycles. The molecule has 462 valence electrons. The molecule has 16 rings (SSSR count). The number of nitrogens with one attached hydrogen (secondary N) is 3. The van der Waals surface area contributed by atoms with Gasteiger partial charge >= 0.3 is 0 Å². The molecule has 12 aromatic carbocycles. The van der Waals surface area contributed by atoms with Gasteiger partial charge in [-0.2, -0.15) is 13.7 Å². The molecule has 16 aromatic rings. The molecule has 0 atom stereocenters. The third-order valence-electron chi connectivity index (χ3n) is 19.5. The van der Waals surface area contributed by atoms with Crippen molar-refractivity contribution in [2.24, 2.45) is 0 Å². The van der Waals surface area contributed by atoms with Crippen molar-refractivity contribution in [3.63, 3.8) is 0 Å². The lowest BCUT2D eigenvalue weighted by atomic mass is 9.87. The predicted molar refractivity (Wildman–Crippen MR) is 392 cm³/mol. The number of aromatic amines is 3. The minimum atomic E-state index is 0.635. The van der Waals surface area contributed by atoms with Gasteiger partial charge in [0.15, 0.2) is 50.6 Å². The average Bonchev–Trinajstić information content (AvgIpc) is 1.13. The van der Waals surface area contributed by atoms with Gasteiger partial charge in [0.05, 0.1) is 16.7 Å². The van der Waals surface area contributed by atoms with E-state index >= 15 is 0 Å². The summed E-state index contributed by atoms with van der Waals surface area (Å²) in [5, 5.41) is 0.